The van der Waals surface area contributed by atoms with Gasteiger partial charge >= 0.3 is 0 Å². The number of nitrogens with one attached hydrogen (secondary N) is 3. The van der Waals surface area contributed by atoms with Gasteiger partial charge in [-0.25, -0.2) is 9.37 Å². The van der Waals surface area contributed by atoms with Gasteiger partial charge in [-0.05, 0) is 47.2 Å². The minimum atomic E-state index is -0.461. The molecule has 0 radical (unpaired) electrons. The number of nitrogens with zero attached hydrogens (tertiary/aromatic N) is 5. The highest BCUT2D eigenvalue weighted by molar-refractivity contribution is 7.09. The van der Waals surface area contributed by atoms with Crippen molar-refractivity contribution in [1.29, 1.82) is 0 Å². The van der Waals surface area contributed by atoms with Crippen LogP contribution in [0, 0.1) is 11.2 Å². The van der Waals surface area contributed by atoms with Crippen molar-refractivity contribution in [3.05, 3.63) is 82.0 Å². The first-order valence-electron chi connectivity index (χ1n) is 14.1. The Labute approximate surface area is 255 Å². The predicted molar refractivity (Wildman–Crippen MR) is 165 cm³/mol. The van der Waals surface area contributed by atoms with E-state index in [4.69, 9.17) is 9.51 Å². The number of amides is 2. The third-order valence-corrected chi connectivity index (χ3v) is 8.37. The van der Waals surface area contributed by atoms with E-state index in [0.717, 1.165) is 4.88 Å². The molecule has 4 heterocycles. The van der Waals surface area contributed by atoms with Crippen LogP contribution in [0.25, 0.3) is 33.3 Å². The topological polar surface area (TPSA) is 144 Å². The first kappa shape index (κ1) is 29.2. The lowest BCUT2D eigenvalue weighted by atomic mass is 9.84. The smallest absolute Gasteiger partial charge is 0.251 e. The van der Waals surface area contributed by atoms with Crippen LogP contribution in [0.5, 0.6) is 0 Å². The van der Waals surface area contributed by atoms with Gasteiger partial charge in [-0.1, -0.05) is 32.0 Å². The summed E-state index contributed by atoms with van der Waals surface area (Å²) in [5.41, 5.74) is 2.27. The third kappa shape index (κ3) is 5.82. The summed E-state index contributed by atoms with van der Waals surface area (Å²) in [6.45, 7) is 6.15. The highest BCUT2D eigenvalue weighted by Crippen LogP contribution is 2.40. The maximum atomic E-state index is 15.1. The fourth-order valence-electron chi connectivity index (χ4n) is 5.24. The van der Waals surface area contributed by atoms with Gasteiger partial charge in [-0.2, -0.15) is 10.1 Å². The zero-order valence-corrected chi connectivity index (χ0v) is 25.5. The lowest BCUT2D eigenvalue weighted by molar-refractivity contribution is -0.122. The van der Waals surface area contributed by atoms with Crippen LogP contribution in [0.2, 0.25) is 0 Å². The van der Waals surface area contributed by atoms with E-state index in [1.165, 1.54) is 12.3 Å². The number of aromatic nitrogens is 6. The Kier molecular flexibility index (Phi) is 7.72. The van der Waals surface area contributed by atoms with Crippen molar-refractivity contribution >= 4 is 45.1 Å². The summed E-state index contributed by atoms with van der Waals surface area (Å²) >= 11 is 1.61. The van der Waals surface area contributed by atoms with Crippen LogP contribution < -0.4 is 10.6 Å². The molecule has 226 valence electrons. The number of imidazole rings is 1. The van der Waals surface area contributed by atoms with Gasteiger partial charge in [-0.15, -0.1) is 11.3 Å². The standard InChI is InChI=1S/C31H31FN8O3S/c1-31(2,3)25(14-27(41)34-16-28-37-26(39-43-28)13-19-6-5-9-44-19)40-24-12-17(30(42)33-4)7-8-22(24)36-29(40)18-10-21(32)20-15-35-38-23(20)11-18/h5-12,15,25H,13-14,16H2,1-4H3,(H,33,42)(H,34,41)(H,35,38)/t25-/m0/s1. The van der Waals surface area contributed by atoms with Gasteiger partial charge in [0.25, 0.3) is 5.91 Å². The van der Waals surface area contributed by atoms with Gasteiger partial charge in [0.1, 0.15) is 11.6 Å². The number of carbonyl (C=O) groups is 2. The molecule has 0 fully saturated rings. The second-order valence-electron chi connectivity index (χ2n) is 11.6. The summed E-state index contributed by atoms with van der Waals surface area (Å²) < 4.78 is 22.4. The molecule has 0 aliphatic rings. The molecule has 0 saturated carbocycles. The molecular weight excluding hydrogens is 583 g/mol. The van der Waals surface area contributed by atoms with Gasteiger partial charge in [0.15, 0.2) is 5.82 Å². The number of carbonyl (C=O) groups excluding carboxylic acids is 2. The number of hydrogen-bond donors (Lipinski definition) is 3. The Morgan fingerprint density at radius 3 is 2.75 bits per heavy atom. The van der Waals surface area contributed by atoms with Crippen LogP contribution >= 0.6 is 11.3 Å². The van der Waals surface area contributed by atoms with Crippen molar-refractivity contribution in [2.45, 2.75) is 46.2 Å². The number of benzene rings is 2. The summed E-state index contributed by atoms with van der Waals surface area (Å²) in [5.74, 6) is 0.380. The van der Waals surface area contributed by atoms with Crippen molar-refractivity contribution in [2.75, 3.05) is 7.05 Å². The lowest BCUT2D eigenvalue weighted by Crippen LogP contribution is -2.32. The van der Waals surface area contributed by atoms with E-state index >= 15 is 4.39 Å². The lowest BCUT2D eigenvalue weighted by Gasteiger charge is -2.33. The van der Waals surface area contributed by atoms with Crippen LogP contribution in [0.3, 0.4) is 0 Å². The van der Waals surface area contributed by atoms with Gasteiger partial charge in [0, 0.05) is 41.9 Å². The van der Waals surface area contributed by atoms with E-state index in [0.29, 0.717) is 57.0 Å². The summed E-state index contributed by atoms with van der Waals surface area (Å²) in [5, 5.41) is 18.8. The Bertz CT molecular complexity index is 1970. The molecule has 1 atom stereocenters. The highest BCUT2D eigenvalue weighted by atomic mass is 32.1. The van der Waals surface area contributed by atoms with Crippen LogP contribution in [-0.2, 0) is 17.8 Å². The average molecular weight is 615 g/mol. The molecule has 0 aliphatic carbocycles. The maximum absolute atomic E-state index is 15.1. The molecule has 0 spiro atoms. The second kappa shape index (κ2) is 11.6. The first-order valence-corrected chi connectivity index (χ1v) is 15.0. The van der Waals surface area contributed by atoms with E-state index in [1.54, 1.807) is 42.6 Å². The molecule has 6 aromatic rings. The second-order valence-corrected chi connectivity index (χ2v) is 12.6. The first-order chi connectivity index (χ1) is 21.1. The third-order valence-electron chi connectivity index (χ3n) is 7.49. The number of thiophene rings is 1. The molecular formula is C31H31FN8O3S. The normalized spacial score (nSPS) is 12.6. The molecule has 44 heavy (non-hydrogen) atoms. The molecule has 0 bridgehead atoms. The van der Waals surface area contributed by atoms with E-state index in [9.17, 15) is 9.59 Å². The fraction of sp³-hybridized carbons (Fsp3) is 0.290. The van der Waals surface area contributed by atoms with E-state index in [1.807, 2.05) is 42.9 Å². The summed E-state index contributed by atoms with van der Waals surface area (Å²) in [6, 6.07) is 11.9. The number of halogens is 1. The molecule has 11 nitrogen and oxygen atoms in total. The molecule has 2 amide bonds. The molecule has 0 unspecified atom stereocenters. The zero-order chi connectivity index (χ0) is 31.0. The Hall–Kier alpha value is -4.91. The minimum Gasteiger partial charge on any atom is -0.355 e. The average Bonchev–Trinajstić information content (AvgIpc) is 3.81. The van der Waals surface area contributed by atoms with E-state index in [2.05, 4.69) is 31.0 Å². The molecule has 4 aromatic heterocycles. The summed E-state index contributed by atoms with van der Waals surface area (Å²) in [4.78, 5) is 36.4. The summed E-state index contributed by atoms with van der Waals surface area (Å²) in [6.07, 6.45) is 2.06. The zero-order valence-electron chi connectivity index (χ0n) is 24.6. The maximum Gasteiger partial charge on any atom is 0.251 e. The van der Waals surface area contributed by atoms with Crippen molar-refractivity contribution in [2.24, 2.45) is 5.41 Å². The number of H-pyrrole nitrogens is 1. The van der Waals surface area contributed by atoms with Crippen LogP contribution in [-0.4, -0.2) is 48.8 Å². The molecule has 0 aliphatic heterocycles. The summed E-state index contributed by atoms with van der Waals surface area (Å²) in [7, 11) is 1.56. The van der Waals surface area contributed by atoms with Crippen LogP contribution in [0.4, 0.5) is 4.39 Å². The van der Waals surface area contributed by atoms with Gasteiger partial charge in [0.05, 0.1) is 34.7 Å². The monoisotopic (exact) mass is 614 g/mol. The predicted octanol–water partition coefficient (Wildman–Crippen LogP) is 5.41. The van der Waals surface area contributed by atoms with Gasteiger partial charge in [-0.3, -0.25) is 14.7 Å². The SMILES string of the molecule is CNC(=O)c1ccc2nc(-c3cc(F)c4cn[nH]c4c3)n([C@@H](CC(=O)NCc3nc(Cc4cccs4)no3)C(C)(C)C)c2c1. The molecule has 2 aromatic carbocycles. The molecule has 0 saturated heterocycles. The van der Waals surface area contributed by atoms with Crippen LogP contribution in [0.1, 0.15) is 60.2 Å². The van der Waals surface area contributed by atoms with Gasteiger partial charge < -0.3 is 19.7 Å². The van der Waals surface area contributed by atoms with Crippen molar-refractivity contribution in [3.63, 3.8) is 0 Å². The number of fused-ring (bicyclic) bond motifs is 2. The van der Waals surface area contributed by atoms with Crippen molar-refractivity contribution < 1.29 is 18.5 Å². The largest absolute Gasteiger partial charge is 0.355 e. The molecule has 6 rings (SSSR count). The van der Waals surface area contributed by atoms with Crippen molar-refractivity contribution in [1.82, 2.24) is 40.5 Å². The van der Waals surface area contributed by atoms with E-state index < -0.39 is 17.3 Å². The Morgan fingerprint density at radius 2 is 2.00 bits per heavy atom. The van der Waals surface area contributed by atoms with Crippen LogP contribution in [0.15, 0.2) is 58.6 Å². The van der Waals surface area contributed by atoms with Gasteiger partial charge in [0.2, 0.25) is 11.8 Å². The fourth-order valence-corrected chi connectivity index (χ4v) is 5.95. The Balaban J connectivity index is 1.35. The molecule has 13 heteroatoms. The van der Waals surface area contributed by atoms with Crippen molar-refractivity contribution in [3.8, 4) is 11.4 Å². The number of aromatic amines is 1. The number of hydrogen-bond acceptors (Lipinski definition) is 8. The van der Waals surface area contributed by atoms with E-state index in [-0.39, 0.29) is 24.8 Å². The highest BCUT2D eigenvalue weighted by Gasteiger charge is 2.33. The quantitative estimate of drug-likeness (QED) is 0.198. The Morgan fingerprint density at radius 1 is 1.16 bits per heavy atom. The minimum absolute atomic E-state index is 0.0666. The number of rotatable bonds is 9. The molecule has 3 N–H and O–H groups in total.